The third kappa shape index (κ3) is 2.34. The summed E-state index contributed by atoms with van der Waals surface area (Å²) in [4.78, 5) is 1.54. The summed E-state index contributed by atoms with van der Waals surface area (Å²) in [6.07, 6.45) is 2.34. The molecule has 1 aliphatic heterocycles. The van der Waals surface area contributed by atoms with E-state index in [0.29, 0.717) is 0 Å². The van der Waals surface area contributed by atoms with Crippen molar-refractivity contribution in [2.45, 2.75) is 18.9 Å². The first kappa shape index (κ1) is 9.69. The van der Waals surface area contributed by atoms with Crippen LogP contribution < -0.4 is 4.90 Å². The predicted octanol–water partition coefficient (Wildman–Crippen LogP) is 0.399. The van der Waals surface area contributed by atoms with Crippen molar-refractivity contribution >= 4 is 0 Å². The maximum atomic E-state index is 9.96. The number of benzene rings is 1. The summed E-state index contributed by atoms with van der Waals surface area (Å²) < 4.78 is 0. The largest absolute Gasteiger partial charge is 0.382 e. The van der Waals surface area contributed by atoms with E-state index in [1.165, 1.54) is 25.9 Å². The minimum absolute atomic E-state index is 0.288. The fraction of sp³-hybridized carbons (Fsp3) is 0.500. The SMILES string of the molecule is O[C@@H](C[NH+]1CCCC1)c1ccccc1. The second-order valence-electron chi connectivity index (χ2n) is 4.09. The van der Waals surface area contributed by atoms with Crippen LogP contribution in [0.1, 0.15) is 24.5 Å². The summed E-state index contributed by atoms with van der Waals surface area (Å²) in [6, 6.07) is 9.95. The quantitative estimate of drug-likeness (QED) is 0.712. The van der Waals surface area contributed by atoms with E-state index in [4.69, 9.17) is 0 Å². The maximum absolute atomic E-state index is 9.96. The number of hydrogen-bond donors (Lipinski definition) is 2. The Labute approximate surface area is 85.2 Å². The molecule has 1 fully saturated rings. The Balaban J connectivity index is 1.92. The highest BCUT2D eigenvalue weighted by atomic mass is 16.3. The molecule has 0 spiro atoms. The van der Waals surface area contributed by atoms with Crippen LogP contribution in [0.5, 0.6) is 0 Å². The highest BCUT2D eigenvalue weighted by Gasteiger charge is 2.19. The van der Waals surface area contributed by atoms with E-state index in [1.54, 1.807) is 4.90 Å². The summed E-state index contributed by atoms with van der Waals surface area (Å²) in [6.45, 7) is 3.32. The Kier molecular flexibility index (Phi) is 3.17. The monoisotopic (exact) mass is 192 g/mol. The molecule has 0 aromatic heterocycles. The van der Waals surface area contributed by atoms with E-state index in [1.807, 2.05) is 30.3 Å². The van der Waals surface area contributed by atoms with Crippen LogP contribution in [-0.2, 0) is 0 Å². The molecule has 0 amide bonds. The summed E-state index contributed by atoms with van der Waals surface area (Å²) in [7, 11) is 0. The average Bonchev–Trinajstić information content (AvgIpc) is 2.72. The molecular weight excluding hydrogens is 174 g/mol. The van der Waals surface area contributed by atoms with Gasteiger partial charge in [0.25, 0.3) is 0 Å². The van der Waals surface area contributed by atoms with E-state index in [2.05, 4.69) is 0 Å². The first-order valence-corrected chi connectivity index (χ1v) is 5.43. The second kappa shape index (κ2) is 4.58. The Hall–Kier alpha value is -0.860. The van der Waals surface area contributed by atoms with Crippen molar-refractivity contribution in [2.24, 2.45) is 0 Å². The minimum atomic E-state index is -0.288. The summed E-state index contributed by atoms with van der Waals surface area (Å²) in [5.41, 5.74) is 1.05. The number of rotatable bonds is 3. The lowest BCUT2D eigenvalue weighted by molar-refractivity contribution is -0.891. The molecule has 76 valence electrons. The van der Waals surface area contributed by atoms with Gasteiger partial charge in [0.2, 0.25) is 0 Å². The van der Waals surface area contributed by atoms with Crippen LogP contribution in [0.25, 0.3) is 0 Å². The zero-order valence-corrected chi connectivity index (χ0v) is 8.45. The molecule has 0 unspecified atom stereocenters. The van der Waals surface area contributed by atoms with Crippen LogP contribution in [0.4, 0.5) is 0 Å². The number of aliphatic hydroxyl groups is 1. The Morgan fingerprint density at radius 1 is 1.14 bits per heavy atom. The van der Waals surface area contributed by atoms with E-state index >= 15 is 0 Å². The number of hydrogen-bond acceptors (Lipinski definition) is 1. The molecule has 2 rings (SSSR count). The Morgan fingerprint density at radius 3 is 2.43 bits per heavy atom. The van der Waals surface area contributed by atoms with Gasteiger partial charge in [0, 0.05) is 12.8 Å². The first-order chi connectivity index (χ1) is 6.86. The highest BCUT2D eigenvalue weighted by molar-refractivity contribution is 5.17. The van der Waals surface area contributed by atoms with E-state index in [9.17, 15) is 5.11 Å². The molecule has 0 saturated carbocycles. The van der Waals surface area contributed by atoms with Gasteiger partial charge in [-0.3, -0.25) is 0 Å². The van der Waals surface area contributed by atoms with Gasteiger partial charge in [-0.1, -0.05) is 30.3 Å². The van der Waals surface area contributed by atoms with Gasteiger partial charge < -0.3 is 10.0 Å². The Morgan fingerprint density at radius 2 is 1.79 bits per heavy atom. The third-order valence-electron chi connectivity index (χ3n) is 2.98. The van der Waals surface area contributed by atoms with Gasteiger partial charge in [0.1, 0.15) is 12.6 Å². The number of nitrogens with one attached hydrogen (secondary N) is 1. The van der Waals surface area contributed by atoms with Crippen molar-refractivity contribution in [1.29, 1.82) is 0 Å². The Bertz CT molecular complexity index is 267. The van der Waals surface area contributed by atoms with Crippen LogP contribution in [0.15, 0.2) is 30.3 Å². The highest BCUT2D eigenvalue weighted by Crippen LogP contribution is 2.09. The first-order valence-electron chi connectivity index (χ1n) is 5.43. The van der Waals surface area contributed by atoms with Crippen LogP contribution in [0.2, 0.25) is 0 Å². The fourth-order valence-electron chi connectivity index (χ4n) is 2.15. The fourth-order valence-corrected chi connectivity index (χ4v) is 2.15. The van der Waals surface area contributed by atoms with Crippen molar-refractivity contribution in [3.8, 4) is 0 Å². The summed E-state index contributed by atoms with van der Waals surface area (Å²) in [5.74, 6) is 0. The molecule has 1 aromatic rings. The number of likely N-dealkylation sites (tertiary alicyclic amines) is 1. The van der Waals surface area contributed by atoms with E-state index in [0.717, 1.165) is 12.1 Å². The van der Waals surface area contributed by atoms with Crippen molar-refractivity contribution in [3.05, 3.63) is 35.9 Å². The topological polar surface area (TPSA) is 24.7 Å². The van der Waals surface area contributed by atoms with Gasteiger partial charge in [0.05, 0.1) is 13.1 Å². The standard InChI is InChI=1S/C12H17NO/c14-12(10-13-8-4-5-9-13)11-6-2-1-3-7-11/h1-3,6-7,12,14H,4-5,8-10H2/p+1/t12-/m0/s1. The molecule has 1 aromatic carbocycles. The lowest BCUT2D eigenvalue weighted by atomic mass is 10.1. The van der Waals surface area contributed by atoms with Crippen molar-refractivity contribution < 1.29 is 10.0 Å². The number of aliphatic hydroxyl groups excluding tert-OH is 1. The van der Waals surface area contributed by atoms with Gasteiger partial charge in [-0.15, -0.1) is 0 Å². The maximum Gasteiger partial charge on any atom is 0.128 e. The van der Waals surface area contributed by atoms with Crippen LogP contribution in [0, 0.1) is 0 Å². The van der Waals surface area contributed by atoms with Gasteiger partial charge in [-0.2, -0.15) is 0 Å². The molecular formula is C12H18NO+. The van der Waals surface area contributed by atoms with Crippen LogP contribution in [0.3, 0.4) is 0 Å². The third-order valence-corrected chi connectivity index (χ3v) is 2.98. The zero-order valence-electron chi connectivity index (χ0n) is 8.45. The molecule has 1 heterocycles. The molecule has 1 saturated heterocycles. The average molecular weight is 192 g/mol. The molecule has 14 heavy (non-hydrogen) atoms. The molecule has 0 aliphatic carbocycles. The van der Waals surface area contributed by atoms with Gasteiger partial charge in [-0.25, -0.2) is 0 Å². The van der Waals surface area contributed by atoms with Gasteiger partial charge in [-0.05, 0) is 5.56 Å². The van der Waals surface area contributed by atoms with Gasteiger partial charge >= 0.3 is 0 Å². The molecule has 1 atom stereocenters. The predicted molar refractivity (Wildman–Crippen MR) is 56.2 cm³/mol. The summed E-state index contributed by atoms with van der Waals surface area (Å²) >= 11 is 0. The van der Waals surface area contributed by atoms with Gasteiger partial charge in [0.15, 0.2) is 0 Å². The lowest BCUT2D eigenvalue weighted by Gasteiger charge is -2.16. The van der Waals surface area contributed by atoms with Crippen LogP contribution >= 0.6 is 0 Å². The van der Waals surface area contributed by atoms with E-state index in [-0.39, 0.29) is 6.10 Å². The zero-order chi connectivity index (χ0) is 9.80. The molecule has 2 heteroatoms. The minimum Gasteiger partial charge on any atom is -0.382 e. The number of quaternary nitrogens is 1. The summed E-state index contributed by atoms with van der Waals surface area (Å²) in [5, 5.41) is 9.96. The van der Waals surface area contributed by atoms with Crippen molar-refractivity contribution in [3.63, 3.8) is 0 Å². The molecule has 2 nitrogen and oxygen atoms in total. The second-order valence-corrected chi connectivity index (χ2v) is 4.09. The molecule has 1 aliphatic rings. The van der Waals surface area contributed by atoms with Crippen molar-refractivity contribution in [1.82, 2.24) is 0 Å². The molecule has 0 radical (unpaired) electrons. The molecule has 2 N–H and O–H groups in total. The molecule has 0 bridgehead atoms. The van der Waals surface area contributed by atoms with E-state index < -0.39 is 0 Å². The van der Waals surface area contributed by atoms with Crippen molar-refractivity contribution in [2.75, 3.05) is 19.6 Å². The van der Waals surface area contributed by atoms with Crippen LogP contribution in [-0.4, -0.2) is 24.7 Å². The normalized spacial score (nSPS) is 19.8. The lowest BCUT2D eigenvalue weighted by Crippen LogP contribution is -3.10. The smallest absolute Gasteiger partial charge is 0.128 e.